The summed E-state index contributed by atoms with van der Waals surface area (Å²) in [4.78, 5) is 19.0. The molecule has 2 aliphatic heterocycles. The maximum absolute atomic E-state index is 13.4. The van der Waals surface area contributed by atoms with Gasteiger partial charge in [0.15, 0.2) is 0 Å². The highest BCUT2D eigenvalue weighted by atomic mass is 16.2. The van der Waals surface area contributed by atoms with Crippen LogP contribution in [0.5, 0.6) is 0 Å². The number of nitrogens with one attached hydrogen (secondary N) is 1. The van der Waals surface area contributed by atoms with Crippen LogP contribution in [-0.4, -0.2) is 34.4 Å². The molecule has 2 unspecified atom stereocenters. The molecular weight excluding hydrogens is 346 g/mol. The lowest BCUT2D eigenvalue weighted by Gasteiger charge is -2.60. The number of carbonyl (C=O) groups is 1. The molecule has 1 amide bonds. The smallest absolute Gasteiger partial charge is 0.223 e. The van der Waals surface area contributed by atoms with Crippen molar-refractivity contribution < 1.29 is 4.79 Å². The van der Waals surface area contributed by atoms with Gasteiger partial charge in [-0.15, -0.1) is 0 Å². The first-order valence-electron chi connectivity index (χ1n) is 11.2. The molecule has 6 rings (SSSR count). The molecule has 2 saturated heterocycles. The first kappa shape index (κ1) is 18.2. The summed E-state index contributed by atoms with van der Waals surface area (Å²) in [6, 6.07) is 7.40. The van der Waals surface area contributed by atoms with Crippen LogP contribution in [-0.2, 0) is 4.79 Å². The number of benzene rings is 1. The number of aromatic nitrogens is 1. The highest BCUT2D eigenvalue weighted by Crippen LogP contribution is 2.53. The normalized spacial score (nSPS) is 30.3. The van der Waals surface area contributed by atoms with Crippen LogP contribution in [0.15, 0.2) is 24.4 Å². The van der Waals surface area contributed by atoms with Gasteiger partial charge in [-0.2, -0.15) is 0 Å². The summed E-state index contributed by atoms with van der Waals surface area (Å²) < 4.78 is 0. The van der Waals surface area contributed by atoms with E-state index in [4.69, 9.17) is 5.73 Å². The van der Waals surface area contributed by atoms with Crippen LogP contribution in [0.4, 0.5) is 0 Å². The molecular formula is C24H33N3O. The SMILES string of the molecule is CCC1CC2(CN)CC(C2)N1C(=O)CC(C)c1c[nH]c2cccc(C3CC3)c12. The summed E-state index contributed by atoms with van der Waals surface area (Å²) in [6.45, 7) is 5.21. The van der Waals surface area contributed by atoms with E-state index < -0.39 is 0 Å². The molecule has 2 aromatic rings. The topological polar surface area (TPSA) is 62.1 Å². The second kappa shape index (κ2) is 6.62. The van der Waals surface area contributed by atoms with Gasteiger partial charge in [-0.05, 0) is 79.5 Å². The Labute approximate surface area is 167 Å². The Morgan fingerprint density at radius 2 is 2.11 bits per heavy atom. The van der Waals surface area contributed by atoms with Gasteiger partial charge in [0.1, 0.15) is 0 Å². The first-order valence-corrected chi connectivity index (χ1v) is 11.2. The van der Waals surface area contributed by atoms with Crippen LogP contribution in [0, 0.1) is 5.41 Å². The Kier molecular flexibility index (Phi) is 4.31. The number of amides is 1. The number of aromatic amines is 1. The number of carbonyl (C=O) groups excluding carboxylic acids is 1. The Balaban J connectivity index is 1.37. The van der Waals surface area contributed by atoms with Gasteiger partial charge in [0.25, 0.3) is 0 Å². The van der Waals surface area contributed by atoms with E-state index in [-0.39, 0.29) is 5.92 Å². The van der Waals surface area contributed by atoms with Crippen molar-refractivity contribution in [3.8, 4) is 0 Å². The van der Waals surface area contributed by atoms with E-state index in [0.717, 1.165) is 32.2 Å². The van der Waals surface area contributed by atoms with Crippen molar-refractivity contribution in [3.05, 3.63) is 35.5 Å². The number of fused-ring (bicyclic) bond motifs is 3. The molecule has 1 aromatic heterocycles. The Morgan fingerprint density at radius 1 is 1.32 bits per heavy atom. The molecule has 28 heavy (non-hydrogen) atoms. The minimum absolute atomic E-state index is 0.236. The largest absolute Gasteiger partial charge is 0.361 e. The van der Waals surface area contributed by atoms with E-state index >= 15 is 0 Å². The second-order valence-electron chi connectivity index (χ2n) is 9.73. The lowest BCUT2D eigenvalue weighted by molar-refractivity contribution is -0.156. The molecule has 3 heterocycles. The maximum atomic E-state index is 13.4. The maximum Gasteiger partial charge on any atom is 0.223 e. The molecule has 0 radical (unpaired) electrons. The molecule has 150 valence electrons. The number of nitrogens with two attached hydrogens (primary N) is 1. The van der Waals surface area contributed by atoms with Gasteiger partial charge in [0.2, 0.25) is 5.91 Å². The number of hydrogen-bond acceptors (Lipinski definition) is 2. The van der Waals surface area contributed by atoms with Crippen molar-refractivity contribution in [2.45, 2.75) is 82.7 Å². The predicted octanol–water partition coefficient (Wildman–Crippen LogP) is 4.66. The third-order valence-electron chi connectivity index (χ3n) is 7.78. The molecule has 2 atom stereocenters. The summed E-state index contributed by atoms with van der Waals surface area (Å²) in [5.74, 6) is 1.29. The molecule has 4 aliphatic rings. The van der Waals surface area contributed by atoms with Crippen molar-refractivity contribution in [1.29, 1.82) is 0 Å². The Bertz CT molecular complexity index is 890. The van der Waals surface area contributed by atoms with Gasteiger partial charge in [-0.25, -0.2) is 0 Å². The number of nitrogens with zero attached hydrogens (tertiary/aromatic N) is 1. The fourth-order valence-electron chi connectivity index (χ4n) is 6.04. The van der Waals surface area contributed by atoms with E-state index in [1.165, 1.54) is 34.9 Å². The lowest BCUT2D eigenvalue weighted by Crippen LogP contribution is -2.65. The first-order chi connectivity index (χ1) is 13.5. The average Bonchev–Trinajstić information content (AvgIpc) is 3.44. The summed E-state index contributed by atoms with van der Waals surface area (Å²) in [5, 5.41) is 1.38. The minimum Gasteiger partial charge on any atom is -0.361 e. The number of rotatable bonds is 6. The zero-order chi connectivity index (χ0) is 19.5. The van der Waals surface area contributed by atoms with Crippen LogP contribution >= 0.6 is 0 Å². The molecule has 2 aliphatic carbocycles. The Hall–Kier alpha value is -1.81. The van der Waals surface area contributed by atoms with E-state index in [2.05, 4.69) is 48.1 Å². The lowest BCUT2D eigenvalue weighted by atomic mass is 9.57. The fourth-order valence-corrected chi connectivity index (χ4v) is 6.04. The molecule has 1 aromatic carbocycles. The molecule has 4 nitrogen and oxygen atoms in total. The third-order valence-corrected chi connectivity index (χ3v) is 7.78. The van der Waals surface area contributed by atoms with Crippen molar-refractivity contribution in [1.82, 2.24) is 9.88 Å². The highest BCUT2D eigenvalue weighted by molar-refractivity contribution is 5.89. The monoisotopic (exact) mass is 379 g/mol. The average molecular weight is 380 g/mol. The zero-order valence-corrected chi connectivity index (χ0v) is 17.2. The molecule has 3 N–H and O–H groups in total. The molecule has 4 heteroatoms. The van der Waals surface area contributed by atoms with Gasteiger partial charge in [-0.3, -0.25) is 4.79 Å². The number of H-pyrrole nitrogens is 1. The number of hydrogen-bond donors (Lipinski definition) is 2. The van der Waals surface area contributed by atoms with Crippen LogP contribution < -0.4 is 5.73 Å². The van der Waals surface area contributed by atoms with Crippen LogP contribution in [0.25, 0.3) is 10.9 Å². The van der Waals surface area contributed by atoms with E-state index in [1.54, 1.807) is 0 Å². The van der Waals surface area contributed by atoms with Crippen LogP contribution in [0.2, 0.25) is 0 Å². The van der Waals surface area contributed by atoms with E-state index in [0.29, 0.717) is 35.7 Å². The molecule has 4 fully saturated rings. The minimum atomic E-state index is 0.236. The zero-order valence-electron chi connectivity index (χ0n) is 17.2. The quantitative estimate of drug-likeness (QED) is 0.767. The van der Waals surface area contributed by atoms with E-state index in [9.17, 15) is 4.79 Å². The Morgan fingerprint density at radius 3 is 2.79 bits per heavy atom. The molecule has 2 bridgehead atoms. The molecule has 2 saturated carbocycles. The second-order valence-corrected chi connectivity index (χ2v) is 9.73. The highest BCUT2D eigenvalue weighted by Gasteiger charge is 2.54. The molecule has 0 spiro atoms. The van der Waals surface area contributed by atoms with Crippen LogP contribution in [0.3, 0.4) is 0 Å². The van der Waals surface area contributed by atoms with Crippen molar-refractivity contribution in [2.24, 2.45) is 11.1 Å². The van der Waals surface area contributed by atoms with Crippen molar-refractivity contribution in [3.63, 3.8) is 0 Å². The standard InChI is InChI=1S/C24H33N3O/c1-3-17-10-24(14-25)11-18(12-24)27(17)22(28)9-15(2)20-13-26-21-6-4-5-19(23(20)21)16-7-8-16/h4-6,13,15-18,26H,3,7-12,14,25H2,1-2H3. The van der Waals surface area contributed by atoms with E-state index in [1.807, 2.05) is 0 Å². The van der Waals surface area contributed by atoms with Crippen molar-refractivity contribution >= 4 is 16.8 Å². The van der Waals surface area contributed by atoms with Crippen molar-refractivity contribution in [2.75, 3.05) is 6.54 Å². The summed E-state index contributed by atoms with van der Waals surface area (Å²) >= 11 is 0. The number of piperidine rings is 2. The van der Waals surface area contributed by atoms with Gasteiger partial charge in [0.05, 0.1) is 0 Å². The van der Waals surface area contributed by atoms with Gasteiger partial charge < -0.3 is 15.6 Å². The van der Waals surface area contributed by atoms with Crippen LogP contribution in [0.1, 0.15) is 81.8 Å². The summed E-state index contributed by atoms with van der Waals surface area (Å²) in [6.07, 6.45) is 9.70. The predicted molar refractivity (Wildman–Crippen MR) is 113 cm³/mol. The van der Waals surface area contributed by atoms with Gasteiger partial charge in [-0.1, -0.05) is 26.0 Å². The summed E-state index contributed by atoms with van der Waals surface area (Å²) in [5.41, 5.74) is 10.4. The third kappa shape index (κ3) is 2.80. The fraction of sp³-hybridized carbons (Fsp3) is 0.625. The van der Waals surface area contributed by atoms with Gasteiger partial charge in [0, 0.05) is 35.6 Å². The summed E-state index contributed by atoms with van der Waals surface area (Å²) in [7, 11) is 0. The van der Waals surface area contributed by atoms with Gasteiger partial charge >= 0.3 is 0 Å².